The molecular weight excluding hydrogens is 317 g/mol. The number of rotatable bonds is 5. The molecule has 0 spiro atoms. The van der Waals surface area contributed by atoms with Crippen LogP contribution in [-0.2, 0) is 6.54 Å². The molecule has 0 aliphatic carbocycles. The van der Waals surface area contributed by atoms with Crippen molar-refractivity contribution in [3.05, 3.63) is 59.4 Å². The van der Waals surface area contributed by atoms with Gasteiger partial charge in [-0.15, -0.1) is 0 Å². The van der Waals surface area contributed by atoms with Gasteiger partial charge in [-0.1, -0.05) is 17.4 Å². The number of benzene rings is 1. The molecule has 23 heavy (non-hydrogen) atoms. The molecular formula is C15H14FN5OS. The maximum Gasteiger partial charge on any atom is 0.263 e. The Balaban J connectivity index is 1.66. The van der Waals surface area contributed by atoms with Crippen molar-refractivity contribution in [3.8, 4) is 5.69 Å². The van der Waals surface area contributed by atoms with E-state index in [0.717, 1.165) is 0 Å². The number of thiazole rings is 1. The molecule has 3 aromatic rings. The van der Waals surface area contributed by atoms with Crippen molar-refractivity contribution in [2.24, 2.45) is 0 Å². The van der Waals surface area contributed by atoms with Crippen molar-refractivity contribution in [1.82, 2.24) is 19.9 Å². The molecule has 1 aromatic carbocycles. The first-order valence-electron chi connectivity index (χ1n) is 6.86. The van der Waals surface area contributed by atoms with Crippen molar-refractivity contribution in [3.63, 3.8) is 0 Å². The van der Waals surface area contributed by atoms with Crippen LogP contribution in [0.1, 0.15) is 15.2 Å². The van der Waals surface area contributed by atoms with Gasteiger partial charge in [-0.3, -0.25) is 4.79 Å². The third kappa shape index (κ3) is 3.37. The van der Waals surface area contributed by atoms with Crippen LogP contribution in [0.25, 0.3) is 5.69 Å². The summed E-state index contributed by atoms with van der Waals surface area (Å²) in [5, 5.41) is 6.30. The van der Waals surface area contributed by atoms with Crippen LogP contribution in [-0.4, -0.2) is 27.5 Å². The Labute approximate surface area is 136 Å². The number of carbonyl (C=O) groups excluding carboxylic acids is 1. The minimum atomic E-state index is -0.370. The molecule has 3 rings (SSSR count). The average Bonchev–Trinajstić information content (AvgIpc) is 3.24. The minimum absolute atomic E-state index is 0.233. The van der Waals surface area contributed by atoms with E-state index in [4.69, 9.17) is 0 Å². The summed E-state index contributed by atoms with van der Waals surface area (Å²) in [6.45, 7) is 0.243. The fraction of sp³-hybridized carbons (Fsp3) is 0.133. The van der Waals surface area contributed by atoms with Gasteiger partial charge in [-0.2, -0.15) is 0 Å². The number of imidazole rings is 1. The lowest BCUT2D eigenvalue weighted by Gasteiger charge is -2.07. The molecule has 2 heterocycles. The maximum absolute atomic E-state index is 14.1. The predicted molar refractivity (Wildman–Crippen MR) is 86.4 cm³/mol. The van der Waals surface area contributed by atoms with Crippen molar-refractivity contribution < 1.29 is 9.18 Å². The first-order chi connectivity index (χ1) is 11.2. The number of anilines is 1. The van der Waals surface area contributed by atoms with Gasteiger partial charge in [0.15, 0.2) is 5.13 Å². The second-order valence-corrected chi connectivity index (χ2v) is 5.75. The number of aromatic nitrogens is 3. The number of nitrogens with zero attached hydrogens (tertiary/aromatic N) is 3. The summed E-state index contributed by atoms with van der Waals surface area (Å²) in [6.07, 6.45) is 6.29. The lowest BCUT2D eigenvalue weighted by molar-refractivity contribution is 0.0954. The van der Waals surface area contributed by atoms with Crippen molar-refractivity contribution in [2.45, 2.75) is 6.54 Å². The molecule has 0 fully saturated rings. The molecule has 0 saturated heterocycles. The Morgan fingerprint density at radius 1 is 1.43 bits per heavy atom. The smallest absolute Gasteiger partial charge is 0.263 e. The highest BCUT2D eigenvalue weighted by Crippen LogP contribution is 2.18. The molecule has 0 saturated carbocycles. The Morgan fingerprint density at radius 3 is 2.96 bits per heavy atom. The SMILES string of the molecule is CNc1ncc(C(=O)NCc2ccc(-n3ccnc3)c(F)c2)s1. The van der Waals surface area contributed by atoms with E-state index in [-0.39, 0.29) is 18.3 Å². The van der Waals surface area contributed by atoms with Crippen LogP contribution in [0.2, 0.25) is 0 Å². The van der Waals surface area contributed by atoms with E-state index < -0.39 is 0 Å². The average molecular weight is 331 g/mol. The fourth-order valence-electron chi connectivity index (χ4n) is 2.04. The minimum Gasteiger partial charge on any atom is -0.365 e. The summed E-state index contributed by atoms with van der Waals surface area (Å²) >= 11 is 1.26. The zero-order chi connectivity index (χ0) is 16.2. The number of carbonyl (C=O) groups is 1. The van der Waals surface area contributed by atoms with Crippen LogP contribution >= 0.6 is 11.3 Å². The summed E-state index contributed by atoms with van der Waals surface area (Å²) in [5.41, 5.74) is 1.09. The van der Waals surface area contributed by atoms with Gasteiger partial charge < -0.3 is 15.2 Å². The molecule has 118 valence electrons. The highest BCUT2D eigenvalue weighted by Gasteiger charge is 2.11. The van der Waals surface area contributed by atoms with Crippen molar-refractivity contribution in [2.75, 3.05) is 12.4 Å². The zero-order valence-corrected chi connectivity index (χ0v) is 13.1. The second kappa shape index (κ2) is 6.57. The quantitative estimate of drug-likeness (QED) is 0.753. The summed E-state index contributed by atoms with van der Waals surface area (Å²) in [7, 11) is 1.74. The fourth-order valence-corrected chi connectivity index (χ4v) is 2.72. The van der Waals surface area contributed by atoms with Crippen LogP contribution in [0.15, 0.2) is 43.1 Å². The number of nitrogens with one attached hydrogen (secondary N) is 2. The van der Waals surface area contributed by atoms with Crippen molar-refractivity contribution >= 4 is 22.4 Å². The third-order valence-corrected chi connectivity index (χ3v) is 4.20. The highest BCUT2D eigenvalue weighted by molar-refractivity contribution is 7.17. The van der Waals surface area contributed by atoms with Gasteiger partial charge in [0, 0.05) is 26.0 Å². The van der Waals surface area contributed by atoms with E-state index in [1.165, 1.54) is 29.9 Å². The second-order valence-electron chi connectivity index (χ2n) is 4.72. The van der Waals surface area contributed by atoms with Gasteiger partial charge in [0.05, 0.1) is 18.2 Å². The molecule has 2 N–H and O–H groups in total. The zero-order valence-electron chi connectivity index (χ0n) is 12.3. The molecule has 1 amide bonds. The molecule has 0 aliphatic heterocycles. The van der Waals surface area contributed by atoms with E-state index in [1.807, 2.05) is 0 Å². The summed E-state index contributed by atoms with van der Waals surface area (Å²) in [4.78, 5) is 20.5. The molecule has 0 bridgehead atoms. The summed E-state index contributed by atoms with van der Waals surface area (Å²) < 4.78 is 15.7. The van der Waals surface area contributed by atoms with E-state index in [2.05, 4.69) is 20.6 Å². The van der Waals surface area contributed by atoms with Gasteiger partial charge >= 0.3 is 0 Å². The van der Waals surface area contributed by atoms with Gasteiger partial charge in [-0.05, 0) is 17.7 Å². The molecule has 8 heteroatoms. The summed E-state index contributed by atoms with van der Waals surface area (Å²) in [6, 6.07) is 4.83. The topological polar surface area (TPSA) is 71.8 Å². The summed E-state index contributed by atoms with van der Waals surface area (Å²) in [5.74, 6) is -0.604. The van der Waals surface area contributed by atoms with E-state index in [1.54, 1.807) is 36.1 Å². The van der Waals surface area contributed by atoms with E-state index in [0.29, 0.717) is 21.3 Å². The molecule has 2 aromatic heterocycles. The molecule has 0 unspecified atom stereocenters. The predicted octanol–water partition coefficient (Wildman–Crippen LogP) is 2.44. The molecule has 0 radical (unpaired) electrons. The number of hydrogen-bond donors (Lipinski definition) is 2. The molecule has 6 nitrogen and oxygen atoms in total. The number of halogens is 1. The first-order valence-corrected chi connectivity index (χ1v) is 7.67. The normalized spacial score (nSPS) is 10.5. The lowest BCUT2D eigenvalue weighted by atomic mass is 10.2. The molecule has 0 atom stereocenters. The first kappa shape index (κ1) is 15.2. The number of amides is 1. The van der Waals surface area contributed by atoms with Crippen LogP contribution in [0, 0.1) is 5.82 Å². The van der Waals surface area contributed by atoms with Gasteiger partial charge in [0.1, 0.15) is 10.7 Å². The Morgan fingerprint density at radius 2 is 2.30 bits per heavy atom. The van der Waals surface area contributed by atoms with Crippen LogP contribution in [0.3, 0.4) is 0 Å². The Kier molecular flexibility index (Phi) is 4.33. The Bertz CT molecular complexity index is 815. The monoisotopic (exact) mass is 331 g/mol. The van der Waals surface area contributed by atoms with E-state index >= 15 is 0 Å². The van der Waals surface area contributed by atoms with Crippen LogP contribution in [0.5, 0.6) is 0 Å². The highest BCUT2D eigenvalue weighted by atomic mass is 32.1. The van der Waals surface area contributed by atoms with Crippen molar-refractivity contribution in [1.29, 1.82) is 0 Å². The third-order valence-electron chi connectivity index (χ3n) is 3.19. The van der Waals surface area contributed by atoms with Crippen LogP contribution in [0.4, 0.5) is 9.52 Å². The Hall–Kier alpha value is -2.74. The standard InChI is InChI=1S/C15H14FN5OS/c1-17-15-20-8-13(23-15)14(22)19-7-10-2-3-12(11(16)6-10)21-5-4-18-9-21/h2-6,8-9H,7H2,1H3,(H,17,20)(H,19,22). The van der Waals surface area contributed by atoms with Gasteiger partial charge in [0.2, 0.25) is 0 Å². The van der Waals surface area contributed by atoms with Gasteiger partial charge in [0.25, 0.3) is 5.91 Å². The largest absolute Gasteiger partial charge is 0.365 e. The van der Waals surface area contributed by atoms with Gasteiger partial charge in [-0.25, -0.2) is 14.4 Å². The molecule has 0 aliphatic rings. The number of hydrogen-bond acceptors (Lipinski definition) is 5. The van der Waals surface area contributed by atoms with Crippen LogP contribution < -0.4 is 10.6 Å². The van der Waals surface area contributed by atoms with E-state index in [9.17, 15) is 9.18 Å². The maximum atomic E-state index is 14.1. The lowest BCUT2D eigenvalue weighted by Crippen LogP contribution is -2.21.